The van der Waals surface area contributed by atoms with Crippen molar-refractivity contribution in [2.75, 3.05) is 0 Å². The molecule has 7 nitrogen and oxygen atoms in total. The van der Waals surface area contributed by atoms with Crippen LogP contribution in [0.1, 0.15) is 27.2 Å². The van der Waals surface area contributed by atoms with Gasteiger partial charge in [0.15, 0.2) is 0 Å². The zero-order chi connectivity index (χ0) is 12.9. The summed E-state index contributed by atoms with van der Waals surface area (Å²) in [6, 6.07) is -1.33. The summed E-state index contributed by atoms with van der Waals surface area (Å²) in [6.45, 7) is 4.92. The van der Waals surface area contributed by atoms with Crippen molar-refractivity contribution in [3.8, 4) is 0 Å². The highest BCUT2D eigenvalue weighted by molar-refractivity contribution is 5.94. The van der Waals surface area contributed by atoms with E-state index in [0.29, 0.717) is 0 Å². The number of amides is 2. The minimum Gasteiger partial charge on any atom is -0.480 e. The Morgan fingerprint density at radius 2 is 1.88 bits per heavy atom. The number of rotatable bonds is 3. The number of hydrogen-bond acceptors (Lipinski definition) is 5. The predicted octanol–water partition coefficient (Wildman–Crippen LogP) is -0.160. The van der Waals surface area contributed by atoms with Crippen molar-refractivity contribution in [2.24, 2.45) is 5.73 Å². The first-order valence-electron chi connectivity index (χ1n) is 4.63. The van der Waals surface area contributed by atoms with Gasteiger partial charge >= 0.3 is 12.1 Å². The van der Waals surface area contributed by atoms with E-state index in [2.05, 4.69) is 0 Å². The van der Waals surface area contributed by atoms with Crippen molar-refractivity contribution < 1.29 is 24.2 Å². The molecule has 92 valence electrons. The molecule has 0 unspecified atom stereocenters. The van der Waals surface area contributed by atoms with Gasteiger partial charge in [0.1, 0.15) is 11.6 Å². The van der Waals surface area contributed by atoms with Crippen LogP contribution in [0.2, 0.25) is 0 Å². The number of carbonyl (C=O) groups excluding carboxylic acids is 2. The largest absolute Gasteiger partial charge is 0.480 e. The Kier molecular flexibility index (Phi) is 4.90. The molecule has 0 aliphatic carbocycles. The average molecular weight is 232 g/mol. The van der Waals surface area contributed by atoms with Gasteiger partial charge in [0.25, 0.3) is 0 Å². The number of hydrogen-bond donors (Lipinski definition) is 3. The second kappa shape index (κ2) is 5.45. The van der Waals surface area contributed by atoms with Crippen LogP contribution in [0.4, 0.5) is 4.79 Å². The maximum atomic E-state index is 11.1. The Labute approximate surface area is 92.9 Å². The second-order valence-corrected chi connectivity index (χ2v) is 4.20. The third-order valence-corrected chi connectivity index (χ3v) is 1.36. The summed E-state index contributed by atoms with van der Waals surface area (Å²) in [5, 5.41) is 10.3. The highest BCUT2D eigenvalue weighted by Gasteiger charge is 2.21. The van der Waals surface area contributed by atoms with Gasteiger partial charge in [-0.15, -0.1) is 0 Å². The smallest absolute Gasteiger partial charge is 0.414 e. The van der Waals surface area contributed by atoms with Gasteiger partial charge < -0.3 is 15.6 Å². The highest BCUT2D eigenvalue weighted by Crippen LogP contribution is 2.06. The second-order valence-electron chi connectivity index (χ2n) is 4.20. The summed E-state index contributed by atoms with van der Waals surface area (Å²) >= 11 is 0. The lowest BCUT2D eigenvalue weighted by Crippen LogP contribution is -2.41. The van der Waals surface area contributed by atoms with E-state index in [1.54, 1.807) is 20.8 Å². The lowest BCUT2D eigenvalue weighted by molar-refractivity contribution is -0.140. The van der Waals surface area contributed by atoms with E-state index >= 15 is 0 Å². The van der Waals surface area contributed by atoms with E-state index in [4.69, 9.17) is 15.6 Å². The SMILES string of the molecule is CC(C)(C)OC(=O)NC(=O)C[C@H](N)C(=O)O. The van der Waals surface area contributed by atoms with Gasteiger partial charge in [0, 0.05) is 0 Å². The Morgan fingerprint density at radius 1 is 1.38 bits per heavy atom. The lowest BCUT2D eigenvalue weighted by Gasteiger charge is -2.19. The molecule has 0 aliphatic heterocycles. The average Bonchev–Trinajstić information content (AvgIpc) is 1.98. The van der Waals surface area contributed by atoms with E-state index in [1.165, 1.54) is 0 Å². The van der Waals surface area contributed by atoms with Gasteiger partial charge in [0.05, 0.1) is 6.42 Å². The molecule has 0 heterocycles. The number of nitrogens with one attached hydrogen (secondary N) is 1. The van der Waals surface area contributed by atoms with Crippen molar-refractivity contribution >= 4 is 18.0 Å². The summed E-state index contributed by atoms with van der Waals surface area (Å²) in [4.78, 5) is 32.5. The van der Waals surface area contributed by atoms with Crippen molar-refractivity contribution in [1.29, 1.82) is 0 Å². The predicted molar refractivity (Wildman–Crippen MR) is 54.6 cm³/mol. The molecule has 0 aliphatic rings. The fourth-order valence-corrected chi connectivity index (χ4v) is 0.756. The topological polar surface area (TPSA) is 119 Å². The van der Waals surface area contributed by atoms with Crippen LogP contribution >= 0.6 is 0 Å². The quantitative estimate of drug-likeness (QED) is 0.622. The molecule has 0 rings (SSSR count). The van der Waals surface area contributed by atoms with Crippen molar-refractivity contribution in [1.82, 2.24) is 5.32 Å². The molecule has 0 bridgehead atoms. The zero-order valence-electron chi connectivity index (χ0n) is 9.44. The van der Waals surface area contributed by atoms with Crippen LogP contribution in [0, 0.1) is 0 Å². The van der Waals surface area contributed by atoms with E-state index in [1.807, 2.05) is 5.32 Å². The third kappa shape index (κ3) is 6.77. The number of carboxylic acid groups (broad SMARTS) is 1. The minimum atomic E-state index is -1.33. The molecule has 16 heavy (non-hydrogen) atoms. The standard InChI is InChI=1S/C9H16N2O5/c1-9(2,3)16-8(15)11-6(12)4-5(10)7(13)14/h5H,4,10H2,1-3H3,(H,13,14)(H,11,12,15)/t5-/m0/s1. The van der Waals surface area contributed by atoms with Crippen molar-refractivity contribution in [2.45, 2.75) is 38.8 Å². The number of carbonyl (C=O) groups is 3. The van der Waals surface area contributed by atoms with Crippen LogP contribution in [-0.2, 0) is 14.3 Å². The van der Waals surface area contributed by atoms with Gasteiger partial charge in [-0.25, -0.2) is 4.79 Å². The van der Waals surface area contributed by atoms with Crippen LogP contribution in [0.25, 0.3) is 0 Å². The number of aliphatic carboxylic acids is 1. The van der Waals surface area contributed by atoms with Crippen LogP contribution in [-0.4, -0.2) is 34.7 Å². The molecule has 0 radical (unpaired) electrons. The van der Waals surface area contributed by atoms with Crippen LogP contribution in [0.15, 0.2) is 0 Å². The normalized spacial score (nSPS) is 12.8. The molecule has 0 saturated carbocycles. The number of carboxylic acids is 1. The van der Waals surface area contributed by atoms with E-state index in [9.17, 15) is 14.4 Å². The fraction of sp³-hybridized carbons (Fsp3) is 0.667. The summed E-state index contributed by atoms with van der Waals surface area (Å²) in [6.07, 6.45) is -1.40. The van der Waals surface area contributed by atoms with Crippen molar-refractivity contribution in [3.63, 3.8) is 0 Å². The molecule has 0 aromatic rings. The molecule has 0 spiro atoms. The maximum Gasteiger partial charge on any atom is 0.414 e. The summed E-state index contributed by atoms with van der Waals surface area (Å²) in [5.74, 6) is -2.09. The van der Waals surface area contributed by atoms with Crippen LogP contribution in [0.3, 0.4) is 0 Å². The fourth-order valence-electron chi connectivity index (χ4n) is 0.756. The first-order valence-corrected chi connectivity index (χ1v) is 4.63. The molecule has 0 fully saturated rings. The molecule has 1 atom stereocenters. The van der Waals surface area contributed by atoms with E-state index in [0.717, 1.165) is 0 Å². The molecule has 0 aromatic carbocycles. The summed E-state index contributed by atoms with van der Waals surface area (Å²) in [7, 11) is 0. The first-order chi connectivity index (χ1) is 7.11. The molecule has 4 N–H and O–H groups in total. The van der Waals surface area contributed by atoms with E-state index in [-0.39, 0.29) is 0 Å². The number of imide groups is 1. The van der Waals surface area contributed by atoms with Gasteiger partial charge in [-0.2, -0.15) is 0 Å². The maximum absolute atomic E-state index is 11.1. The van der Waals surface area contributed by atoms with Gasteiger partial charge in [-0.1, -0.05) is 0 Å². The van der Waals surface area contributed by atoms with Gasteiger partial charge in [-0.05, 0) is 20.8 Å². The number of nitrogens with two attached hydrogens (primary N) is 1. The minimum absolute atomic E-state index is 0.478. The molecule has 7 heteroatoms. The van der Waals surface area contributed by atoms with Gasteiger partial charge in [-0.3, -0.25) is 14.9 Å². The summed E-state index contributed by atoms with van der Waals surface area (Å²) < 4.78 is 4.79. The molecule has 2 amide bonds. The molecule has 0 saturated heterocycles. The highest BCUT2D eigenvalue weighted by atomic mass is 16.6. The van der Waals surface area contributed by atoms with Crippen LogP contribution < -0.4 is 11.1 Å². The Hall–Kier alpha value is -1.63. The lowest BCUT2D eigenvalue weighted by atomic mass is 10.2. The number of ether oxygens (including phenoxy) is 1. The zero-order valence-corrected chi connectivity index (χ0v) is 9.44. The number of alkyl carbamates (subject to hydrolysis) is 1. The third-order valence-electron chi connectivity index (χ3n) is 1.36. The summed E-state index contributed by atoms with van der Waals surface area (Å²) in [5.41, 5.74) is 4.38. The molecular weight excluding hydrogens is 216 g/mol. The monoisotopic (exact) mass is 232 g/mol. The Morgan fingerprint density at radius 3 is 2.25 bits per heavy atom. The van der Waals surface area contributed by atoms with Crippen molar-refractivity contribution in [3.05, 3.63) is 0 Å². The van der Waals surface area contributed by atoms with Crippen LogP contribution in [0.5, 0.6) is 0 Å². The van der Waals surface area contributed by atoms with E-state index < -0.39 is 36.0 Å². The molecule has 0 aromatic heterocycles. The molecular formula is C9H16N2O5. The van der Waals surface area contributed by atoms with Gasteiger partial charge in [0.2, 0.25) is 5.91 Å². The first kappa shape index (κ1) is 14.4. The Bertz CT molecular complexity index is 295. The Balaban J connectivity index is 4.07.